The topological polar surface area (TPSA) is 49.3 Å². The molecule has 0 aromatic carbocycles. The average Bonchev–Trinajstić information content (AvgIpc) is 2.96. The van der Waals surface area contributed by atoms with Gasteiger partial charge in [-0.2, -0.15) is 0 Å². The standard InChI is InChI=1S/C13H18N4OS/c18-11(16-4-1-2-5-16)10-7-13(10)3-6-17(8-13)12-15-14-9-19-12/h9-10H,1-8H2/t10-,13+/m1/s1. The first kappa shape index (κ1) is 11.6. The second-order valence-corrected chi connectivity index (χ2v) is 6.86. The number of anilines is 1. The van der Waals surface area contributed by atoms with E-state index in [-0.39, 0.29) is 11.3 Å². The summed E-state index contributed by atoms with van der Waals surface area (Å²) in [7, 11) is 0. The van der Waals surface area contributed by atoms with Gasteiger partial charge in [-0.3, -0.25) is 4.79 Å². The fourth-order valence-corrected chi connectivity index (χ4v) is 4.26. The van der Waals surface area contributed by atoms with Crippen LogP contribution in [0.1, 0.15) is 25.7 Å². The summed E-state index contributed by atoms with van der Waals surface area (Å²) in [6.45, 7) is 3.97. The minimum atomic E-state index is 0.255. The first-order valence-electron chi connectivity index (χ1n) is 7.08. The second kappa shape index (κ2) is 4.16. The molecule has 1 aliphatic carbocycles. The summed E-state index contributed by atoms with van der Waals surface area (Å²) < 4.78 is 0. The molecular weight excluding hydrogens is 260 g/mol. The summed E-state index contributed by atoms with van der Waals surface area (Å²) in [5.41, 5.74) is 2.03. The van der Waals surface area contributed by atoms with Crippen LogP contribution in [0.15, 0.2) is 5.51 Å². The number of amides is 1. The van der Waals surface area contributed by atoms with Crippen molar-refractivity contribution >= 4 is 22.4 Å². The van der Waals surface area contributed by atoms with Gasteiger partial charge >= 0.3 is 0 Å². The number of hydrogen-bond acceptors (Lipinski definition) is 5. The highest BCUT2D eigenvalue weighted by Crippen LogP contribution is 2.59. The SMILES string of the molecule is O=C([C@H]1C[C@]12CCN(c1nncs1)C2)N1CCCC1. The minimum absolute atomic E-state index is 0.255. The molecule has 6 heteroatoms. The summed E-state index contributed by atoms with van der Waals surface area (Å²) in [5.74, 6) is 0.695. The average molecular weight is 278 g/mol. The Morgan fingerprint density at radius 1 is 1.37 bits per heavy atom. The highest BCUT2D eigenvalue weighted by Gasteiger charge is 2.61. The predicted octanol–water partition coefficient (Wildman–Crippen LogP) is 1.38. The van der Waals surface area contributed by atoms with Gasteiger partial charge in [0.15, 0.2) is 0 Å². The van der Waals surface area contributed by atoms with Crippen LogP contribution >= 0.6 is 11.3 Å². The van der Waals surface area contributed by atoms with Crippen molar-refractivity contribution in [3.05, 3.63) is 5.51 Å². The Kier molecular flexibility index (Phi) is 2.55. The van der Waals surface area contributed by atoms with Gasteiger partial charge in [0.2, 0.25) is 11.0 Å². The van der Waals surface area contributed by atoms with Crippen LogP contribution in [0.5, 0.6) is 0 Å². The minimum Gasteiger partial charge on any atom is -0.346 e. The van der Waals surface area contributed by atoms with E-state index in [4.69, 9.17) is 0 Å². The Balaban J connectivity index is 1.43. The molecule has 0 bridgehead atoms. The molecule has 0 unspecified atom stereocenters. The van der Waals surface area contributed by atoms with Crippen LogP contribution in [0.25, 0.3) is 0 Å². The van der Waals surface area contributed by atoms with Crippen LogP contribution < -0.4 is 4.90 Å². The molecule has 3 aliphatic rings. The fourth-order valence-electron chi connectivity index (χ4n) is 3.67. The van der Waals surface area contributed by atoms with Crippen molar-refractivity contribution in [1.82, 2.24) is 15.1 Å². The van der Waals surface area contributed by atoms with Crippen LogP contribution in [0.4, 0.5) is 5.13 Å². The molecule has 3 fully saturated rings. The summed E-state index contributed by atoms with van der Waals surface area (Å²) in [6, 6.07) is 0. The van der Waals surface area contributed by atoms with E-state index in [1.807, 2.05) is 0 Å². The Bertz CT molecular complexity index is 485. The number of rotatable bonds is 2. The van der Waals surface area contributed by atoms with Crippen LogP contribution in [-0.4, -0.2) is 47.2 Å². The Labute approximate surface area is 116 Å². The zero-order valence-electron chi connectivity index (χ0n) is 10.9. The van der Waals surface area contributed by atoms with Crippen LogP contribution in [0.3, 0.4) is 0 Å². The first-order valence-corrected chi connectivity index (χ1v) is 7.96. The molecule has 19 heavy (non-hydrogen) atoms. The third-order valence-electron chi connectivity index (χ3n) is 4.91. The van der Waals surface area contributed by atoms with Crippen LogP contribution in [0.2, 0.25) is 0 Å². The van der Waals surface area contributed by atoms with Gasteiger partial charge in [0.05, 0.1) is 0 Å². The van der Waals surface area contributed by atoms with E-state index in [0.717, 1.165) is 44.2 Å². The molecule has 1 saturated carbocycles. The highest BCUT2D eigenvalue weighted by molar-refractivity contribution is 7.13. The molecule has 4 rings (SSSR count). The Morgan fingerprint density at radius 2 is 2.21 bits per heavy atom. The lowest BCUT2D eigenvalue weighted by Gasteiger charge is -2.18. The lowest BCUT2D eigenvalue weighted by molar-refractivity contribution is -0.132. The van der Waals surface area contributed by atoms with Gasteiger partial charge in [-0.25, -0.2) is 0 Å². The van der Waals surface area contributed by atoms with Crippen molar-refractivity contribution in [2.24, 2.45) is 11.3 Å². The van der Waals surface area contributed by atoms with Crippen molar-refractivity contribution in [3.8, 4) is 0 Å². The van der Waals surface area contributed by atoms with Crippen LogP contribution in [0, 0.1) is 11.3 Å². The molecule has 0 N–H and O–H groups in total. The monoisotopic (exact) mass is 278 g/mol. The van der Waals surface area contributed by atoms with Crippen molar-refractivity contribution in [2.45, 2.75) is 25.7 Å². The van der Waals surface area contributed by atoms with Crippen molar-refractivity contribution in [1.29, 1.82) is 0 Å². The first-order chi connectivity index (χ1) is 9.28. The molecule has 3 heterocycles. The molecule has 2 saturated heterocycles. The summed E-state index contributed by atoms with van der Waals surface area (Å²) in [6.07, 6.45) is 4.58. The number of aromatic nitrogens is 2. The van der Waals surface area contributed by atoms with Gasteiger partial charge in [-0.05, 0) is 25.7 Å². The smallest absolute Gasteiger partial charge is 0.226 e. The molecule has 0 radical (unpaired) electrons. The second-order valence-electron chi connectivity index (χ2n) is 6.04. The molecule has 1 aromatic heterocycles. The van der Waals surface area contributed by atoms with E-state index in [9.17, 15) is 4.79 Å². The number of carbonyl (C=O) groups is 1. The van der Waals surface area contributed by atoms with E-state index >= 15 is 0 Å². The van der Waals surface area contributed by atoms with Crippen LogP contribution in [-0.2, 0) is 4.79 Å². The predicted molar refractivity (Wildman–Crippen MR) is 73.1 cm³/mol. The number of hydrogen-bond donors (Lipinski definition) is 0. The normalized spacial score (nSPS) is 33.4. The third kappa shape index (κ3) is 1.84. The fraction of sp³-hybridized carbons (Fsp3) is 0.769. The lowest BCUT2D eigenvalue weighted by atomic mass is 10.0. The Morgan fingerprint density at radius 3 is 2.95 bits per heavy atom. The zero-order valence-corrected chi connectivity index (χ0v) is 11.7. The van der Waals surface area contributed by atoms with E-state index in [1.165, 1.54) is 12.8 Å². The van der Waals surface area contributed by atoms with Crippen molar-refractivity contribution in [3.63, 3.8) is 0 Å². The van der Waals surface area contributed by atoms with Gasteiger partial charge in [-0.1, -0.05) is 11.3 Å². The quantitative estimate of drug-likeness (QED) is 0.820. The molecule has 1 amide bonds. The maximum absolute atomic E-state index is 12.4. The lowest BCUT2D eigenvalue weighted by Crippen LogP contribution is -2.31. The van der Waals surface area contributed by atoms with E-state index in [2.05, 4.69) is 20.0 Å². The third-order valence-corrected chi connectivity index (χ3v) is 5.66. The number of likely N-dealkylation sites (tertiary alicyclic amines) is 1. The van der Waals surface area contributed by atoms with Gasteiger partial charge in [0.25, 0.3) is 0 Å². The Hall–Kier alpha value is -1.17. The molecule has 1 spiro atoms. The molecule has 2 atom stereocenters. The molecule has 1 aromatic rings. The summed E-state index contributed by atoms with van der Waals surface area (Å²) >= 11 is 1.59. The van der Waals surface area contributed by atoms with Crippen molar-refractivity contribution < 1.29 is 4.79 Å². The largest absolute Gasteiger partial charge is 0.346 e. The van der Waals surface area contributed by atoms with E-state index in [1.54, 1.807) is 16.8 Å². The number of nitrogens with zero attached hydrogens (tertiary/aromatic N) is 4. The molecular formula is C13H18N4OS. The van der Waals surface area contributed by atoms with Gasteiger partial charge in [-0.15, -0.1) is 10.2 Å². The summed E-state index contributed by atoms with van der Waals surface area (Å²) in [5, 5.41) is 9.05. The number of carbonyl (C=O) groups excluding carboxylic acids is 1. The highest BCUT2D eigenvalue weighted by atomic mass is 32.1. The summed E-state index contributed by atoms with van der Waals surface area (Å²) in [4.78, 5) is 16.8. The maximum Gasteiger partial charge on any atom is 0.226 e. The molecule has 2 aliphatic heterocycles. The van der Waals surface area contributed by atoms with Crippen molar-refractivity contribution in [2.75, 3.05) is 31.1 Å². The van der Waals surface area contributed by atoms with Gasteiger partial charge in [0, 0.05) is 37.5 Å². The molecule has 102 valence electrons. The zero-order chi connectivity index (χ0) is 12.9. The molecule has 5 nitrogen and oxygen atoms in total. The maximum atomic E-state index is 12.4. The van der Waals surface area contributed by atoms with E-state index in [0.29, 0.717) is 5.91 Å². The van der Waals surface area contributed by atoms with Gasteiger partial charge in [0.1, 0.15) is 5.51 Å². The van der Waals surface area contributed by atoms with Gasteiger partial charge < -0.3 is 9.80 Å². The van der Waals surface area contributed by atoms with E-state index < -0.39 is 0 Å².